The molecule has 0 aromatic rings. The average molecular weight is 518 g/mol. The smallest absolute Gasteiger partial charge is 0.222 e. The summed E-state index contributed by atoms with van der Waals surface area (Å²) in [6, 6.07) is 0. The number of ether oxygens (including phenoxy) is 6. The lowest BCUT2D eigenvalue weighted by Crippen LogP contribution is -2.58. The highest BCUT2D eigenvalue weighted by molar-refractivity contribution is 5.02. The van der Waals surface area contributed by atoms with Crippen LogP contribution in [-0.2, 0) is 28.4 Å². The van der Waals surface area contributed by atoms with E-state index in [0.717, 1.165) is 7.11 Å². The maximum Gasteiger partial charge on any atom is 0.222 e. The zero-order valence-electron chi connectivity index (χ0n) is 18.9. The van der Waals surface area contributed by atoms with Crippen LogP contribution in [-0.4, -0.2) is 170 Å². The fourth-order valence-electron chi connectivity index (χ4n) is 4.38. The van der Waals surface area contributed by atoms with Gasteiger partial charge in [0.1, 0.15) is 74.8 Å². The molecular weight excluding hydrogens is 484 g/mol. The van der Waals surface area contributed by atoms with Crippen molar-refractivity contribution in [1.82, 2.24) is 0 Å². The maximum atomic E-state index is 10.7. The van der Waals surface area contributed by atoms with E-state index in [1.165, 1.54) is 0 Å². The molecule has 3 rings (SSSR count). The lowest BCUT2D eigenvalue weighted by atomic mass is 10.0. The third kappa shape index (κ3) is 4.84. The summed E-state index contributed by atoms with van der Waals surface area (Å²) >= 11 is 0. The van der Waals surface area contributed by atoms with E-state index in [9.17, 15) is 51.1 Å². The van der Waals surface area contributed by atoms with Crippen molar-refractivity contribution in [3.05, 3.63) is 0 Å². The fraction of sp³-hybridized carbons (Fsp3) is 1.00. The molecule has 16 nitrogen and oxygen atoms in total. The molecule has 3 aliphatic rings. The Morgan fingerprint density at radius 3 is 1.31 bits per heavy atom. The number of aliphatic hydroxyl groups excluding tert-OH is 10. The van der Waals surface area contributed by atoms with Crippen LogP contribution in [0.25, 0.3) is 0 Å². The van der Waals surface area contributed by atoms with Crippen molar-refractivity contribution < 1.29 is 79.5 Å². The van der Waals surface area contributed by atoms with Gasteiger partial charge in [-0.05, 0) is 0 Å². The van der Waals surface area contributed by atoms with Crippen LogP contribution < -0.4 is 0 Å². The van der Waals surface area contributed by atoms with E-state index < -0.39 is 112 Å². The summed E-state index contributed by atoms with van der Waals surface area (Å²) in [5.74, 6) is -6.71. The summed E-state index contributed by atoms with van der Waals surface area (Å²) in [6.45, 7) is -4.86. The van der Waals surface area contributed by atoms with Crippen molar-refractivity contribution in [2.45, 2.75) is 72.3 Å². The Bertz CT molecular complexity index is 656. The Morgan fingerprint density at radius 2 is 0.914 bits per heavy atom. The van der Waals surface area contributed by atoms with Crippen molar-refractivity contribution in [3.63, 3.8) is 0 Å². The standard InChI is InChI=1S/C19H34O16/c1-30-18(15(28)12(25)9(3-21)34-18)6-32-19(16(29)13(26)10(4-22)35-19)7-31-17(5-23)14(27)11(24)8(2-20)33-17/h8-16,20-29H,2-7H2,1H3/t8-,9-,10-,11-,12-,13-,14+,15+,16+,17-,18-,19-/m1/s1. The Labute approximate surface area is 199 Å². The van der Waals surface area contributed by atoms with Gasteiger partial charge >= 0.3 is 0 Å². The SMILES string of the molecule is CO[C@]1(CO[C@]2(CO[C@]3(CO)O[C@H](CO)[C@@H](O)[C@@H]3O)O[C@H](CO)[C@@H](O)[C@@H]2O)O[C@H](CO)[C@@H](O)[C@@H]1O. The normalized spacial score (nSPS) is 50.3. The lowest BCUT2D eigenvalue weighted by molar-refractivity contribution is -0.362. The van der Waals surface area contributed by atoms with Gasteiger partial charge in [-0.25, -0.2) is 0 Å². The minimum absolute atomic E-state index is 0.676. The Balaban J connectivity index is 1.85. The molecule has 10 N–H and O–H groups in total. The summed E-state index contributed by atoms with van der Waals surface area (Å²) in [6.07, 6.45) is -14.4. The monoisotopic (exact) mass is 518 g/mol. The van der Waals surface area contributed by atoms with Gasteiger partial charge in [0.25, 0.3) is 0 Å². The van der Waals surface area contributed by atoms with Crippen molar-refractivity contribution in [2.24, 2.45) is 0 Å². The molecule has 0 spiro atoms. The lowest BCUT2D eigenvalue weighted by Gasteiger charge is -2.39. The molecular formula is C19H34O16. The fourth-order valence-corrected chi connectivity index (χ4v) is 4.38. The first-order chi connectivity index (χ1) is 16.5. The van der Waals surface area contributed by atoms with Gasteiger partial charge in [-0.15, -0.1) is 0 Å². The molecule has 12 atom stereocenters. The van der Waals surface area contributed by atoms with Crippen LogP contribution in [0.2, 0.25) is 0 Å². The van der Waals surface area contributed by atoms with E-state index in [2.05, 4.69) is 0 Å². The molecule has 3 saturated heterocycles. The Hall–Kier alpha value is -0.640. The van der Waals surface area contributed by atoms with Crippen LogP contribution in [0.3, 0.4) is 0 Å². The topological polar surface area (TPSA) is 258 Å². The van der Waals surface area contributed by atoms with E-state index in [-0.39, 0.29) is 0 Å². The van der Waals surface area contributed by atoms with Crippen molar-refractivity contribution in [2.75, 3.05) is 46.8 Å². The predicted molar refractivity (Wildman–Crippen MR) is 106 cm³/mol. The largest absolute Gasteiger partial charge is 0.394 e. The molecule has 0 unspecified atom stereocenters. The molecule has 3 aliphatic heterocycles. The molecule has 206 valence electrons. The number of methoxy groups -OCH3 is 1. The second-order valence-corrected chi connectivity index (χ2v) is 8.70. The van der Waals surface area contributed by atoms with Crippen LogP contribution in [0.4, 0.5) is 0 Å². The molecule has 0 aromatic heterocycles. The van der Waals surface area contributed by atoms with E-state index in [0.29, 0.717) is 0 Å². The van der Waals surface area contributed by atoms with Crippen molar-refractivity contribution in [3.8, 4) is 0 Å². The highest BCUT2D eigenvalue weighted by Crippen LogP contribution is 2.40. The van der Waals surface area contributed by atoms with Gasteiger partial charge in [0.15, 0.2) is 0 Å². The molecule has 0 radical (unpaired) electrons. The third-order valence-electron chi connectivity index (χ3n) is 6.66. The van der Waals surface area contributed by atoms with Gasteiger partial charge in [0.05, 0.1) is 19.8 Å². The summed E-state index contributed by atoms with van der Waals surface area (Å²) in [5.41, 5.74) is 0. The average Bonchev–Trinajstić information content (AvgIpc) is 3.38. The molecule has 3 heterocycles. The highest BCUT2D eigenvalue weighted by Gasteiger charge is 2.62. The van der Waals surface area contributed by atoms with Gasteiger partial charge in [0.2, 0.25) is 17.4 Å². The molecule has 0 amide bonds. The number of hydrogen-bond donors (Lipinski definition) is 10. The minimum atomic E-state index is -2.35. The molecule has 0 bridgehead atoms. The number of aliphatic hydroxyl groups is 10. The minimum Gasteiger partial charge on any atom is -0.394 e. The molecule has 16 heteroatoms. The van der Waals surface area contributed by atoms with E-state index in [1.807, 2.05) is 0 Å². The Kier molecular flexibility index (Phi) is 9.09. The van der Waals surface area contributed by atoms with Crippen LogP contribution in [0, 0.1) is 0 Å². The molecule has 0 aliphatic carbocycles. The third-order valence-corrected chi connectivity index (χ3v) is 6.66. The van der Waals surface area contributed by atoms with Crippen LogP contribution in [0.1, 0.15) is 0 Å². The van der Waals surface area contributed by atoms with Gasteiger partial charge in [-0.3, -0.25) is 0 Å². The van der Waals surface area contributed by atoms with Crippen molar-refractivity contribution in [1.29, 1.82) is 0 Å². The van der Waals surface area contributed by atoms with Gasteiger partial charge in [-0.2, -0.15) is 0 Å². The number of hydrogen-bond acceptors (Lipinski definition) is 16. The van der Waals surface area contributed by atoms with Crippen LogP contribution in [0.15, 0.2) is 0 Å². The van der Waals surface area contributed by atoms with Crippen LogP contribution in [0.5, 0.6) is 0 Å². The van der Waals surface area contributed by atoms with Crippen LogP contribution >= 0.6 is 0 Å². The first-order valence-electron chi connectivity index (χ1n) is 10.9. The van der Waals surface area contributed by atoms with Gasteiger partial charge < -0.3 is 79.5 Å². The predicted octanol–water partition coefficient (Wildman–Crippen LogP) is -6.91. The zero-order valence-corrected chi connectivity index (χ0v) is 18.9. The summed E-state index contributed by atoms with van der Waals surface area (Å²) in [4.78, 5) is 0. The van der Waals surface area contributed by atoms with E-state index >= 15 is 0 Å². The van der Waals surface area contributed by atoms with E-state index in [1.54, 1.807) is 0 Å². The summed E-state index contributed by atoms with van der Waals surface area (Å²) in [5, 5.41) is 100. The second-order valence-electron chi connectivity index (χ2n) is 8.70. The first kappa shape index (κ1) is 28.9. The number of rotatable bonds is 11. The summed E-state index contributed by atoms with van der Waals surface area (Å²) in [7, 11) is 1.11. The second kappa shape index (κ2) is 11.0. The van der Waals surface area contributed by atoms with Gasteiger partial charge in [-0.1, -0.05) is 0 Å². The molecule has 3 fully saturated rings. The van der Waals surface area contributed by atoms with Crippen molar-refractivity contribution >= 4 is 0 Å². The zero-order chi connectivity index (χ0) is 26.2. The molecule has 0 aromatic carbocycles. The quantitative estimate of drug-likeness (QED) is 0.122. The molecule has 35 heavy (non-hydrogen) atoms. The van der Waals surface area contributed by atoms with Gasteiger partial charge in [0, 0.05) is 7.11 Å². The summed E-state index contributed by atoms with van der Waals surface area (Å²) < 4.78 is 32.6. The maximum absolute atomic E-state index is 10.7. The Morgan fingerprint density at radius 1 is 0.571 bits per heavy atom. The molecule has 0 saturated carbocycles. The first-order valence-corrected chi connectivity index (χ1v) is 10.9. The highest BCUT2D eigenvalue weighted by atomic mass is 16.8. The van der Waals surface area contributed by atoms with E-state index in [4.69, 9.17) is 28.4 Å².